The molecule has 1 aliphatic rings. The molecule has 1 fully saturated rings. The van der Waals surface area contributed by atoms with Gasteiger partial charge >= 0.3 is 0 Å². The van der Waals surface area contributed by atoms with Crippen LogP contribution < -0.4 is 11.3 Å². The number of piperidine rings is 1. The van der Waals surface area contributed by atoms with E-state index in [4.69, 9.17) is 5.73 Å². The fourth-order valence-electron chi connectivity index (χ4n) is 2.25. The number of hydrogen-bond donors (Lipinski definition) is 2. The first-order valence-corrected chi connectivity index (χ1v) is 5.84. The van der Waals surface area contributed by atoms with E-state index in [0.29, 0.717) is 6.54 Å². The minimum absolute atomic E-state index is 0.0888. The summed E-state index contributed by atoms with van der Waals surface area (Å²) in [5.41, 5.74) is 5.72. The summed E-state index contributed by atoms with van der Waals surface area (Å²) in [7, 11) is 0. The van der Waals surface area contributed by atoms with Crippen LogP contribution in [0.4, 0.5) is 0 Å². The van der Waals surface area contributed by atoms with Crippen LogP contribution in [0.25, 0.3) is 0 Å². The molecule has 2 heterocycles. The van der Waals surface area contributed by atoms with Crippen molar-refractivity contribution < 1.29 is 4.79 Å². The van der Waals surface area contributed by atoms with Crippen molar-refractivity contribution in [3.05, 3.63) is 34.2 Å². The van der Waals surface area contributed by atoms with Gasteiger partial charge in [-0.15, -0.1) is 0 Å². The highest BCUT2D eigenvalue weighted by Crippen LogP contribution is 2.17. The number of likely N-dealkylation sites (tertiary alicyclic amines) is 1. The van der Waals surface area contributed by atoms with Crippen LogP contribution in [0.3, 0.4) is 0 Å². The van der Waals surface area contributed by atoms with Crippen molar-refractivity contribution >= 4 is 5.91 Å². The predicted octanol–water partition coefficient (Wildman–Crippen LogP) is 0.327. The molecule has 0 aliphatic carbocycles. The van der Waals surface area contributed by atoms with Crippen LogP contribution in [0, 0.1) is 0 Å². The van der Waals surface area contributed by atoms with Gasteiger partial charge in [0.15, 0.2) is 0 Å². The van der Waals surface area contributed by atoms with E-state index in [1.165, 1.54) is 6.20 Å². The molecule has 2 rings (SSSR count). The molecule has 3 N–H and O–H groups in total. The Morgan fingerprint density at radius 2 is 2.35 bits per heavy atom. The zero-order valence-electron chi connectivity index (χ0n) is 9.85. The average molecular weight is 235 g/mol. The van der Waals surface area contributed by atoms with E-state index in [-0.39, 0.29) is 29.1 Å². The van der Waals surface area contributed by atoms with Crippen LogP contribution in [-0.2, 0) is 0 Å². The molecular weight excluding hydrogens is 218 g/mol. The van der Waals surface area contributed by atoms with Gasteiger partial charge in [-0.3, -0.25) is 9.59 Å². The van der Waals surface area contributed by atoms with Crippen molar-refractivity contribution in [2.75, 3.05) is 6.54 Å². The summed E-state index contributed by atoms with van der Waals surface area (Å²) in [6.07, 6.45) is 3.10. The largest absolute Gasteiger partial charge is 0.336 e. The maximum absolute atomic E-state index is 12.2. The van der Waals surface area contributed by atoms with Crippen LogP contribution >= 0.6 is 0 Å². The highest BCUT2D eigenvalue weighted by molar-refractivity contribution is 5.94. The molecule has 0 saturated carbocycles. The quantitative estimate of drug-likeness (QED) is 0.736. The third-order valence-corrected chi connectivity index (χ3v) is 3.23. The van der Waals surface area contributed by atoms with Crippen LogP contribution in [0.15, 0.2) is 23.1 Å². The molecule has 0 spiro atoms. The lowest BCUT2D eigenvalue weighted by Gasteiger charge is -2.36. The molecule has 1 saturated heterocycles. The molecule has 17 heavy (non-hydrogen) atoms. The van der Waals surface area contributed by atoms with Crippen molar-refractivity contribution in [3.8, 4) is 0 Å². The summed E-state index contributed by atoms with van der Waals surface area (Å²) in [6.45, 7) is 2.59. The number of nitrogens with two attached hydrogens (primary N) is 1. The van der Waals surface area contributed by atoms with Gasteiger partial charge in [-0.2, -0.15) is 0 Å². The van der Waals surface area contributed by atoms with Gasteiger partial charge in [-0.25, -0.2) is 0 Å². The van der Waals surface area contributed by atoms with Gasteiger partial charge in [-0.05, 0) is 31.9 Å². The molecule has 1 aromatic heterocycles. The highest BCUT2D eigenvalue weighted by atomic mass is 16.2. The third kappa shape index (κ3) is 2.39. The summed E-state index contributed by atoms with van der Waals surface area (Å²) in [4.78, 5) is 28.0. The fraction of sp³-hybridized carbons (Fsp3) is 0.500. The molecule has 2 unspecified atom stereocenters. The Morgan fingerprint density at radius 3 is 3.00 bits per heavy atom. The van der Waals surface area contributed by atoms with Crippen LogP contribution in [0.2, 0.25) is 0 Å². The summed E-state index contributed by atoms with van der Waals surface area (Å²) < 4.78 is 0. The van der Waals surface area contributed by atoms with Gasteiger partial charge in [-0.1, -0.05) is 0 Å². The number of aromatic nitrogens is 1. The van der Waals surface area contributed by atoms with Gasteiger partial charge in [0.25, 0.3) is 11.5 Å². The maximum atomic E-state index is 12.2. The Kier molecular flexibility index (Phi) is 3.28. The Morgan fingerprint density at radius 1 is 1.59 bits per heavy atom. The first-order chi connectivity index (χ1) is 8.09. The zero-order chi connectivity index (χ0) is 12.4. The Hall–Kier alpha value is -1.62. The van der Waals surface area contributed by atoms with Gasteiger partial charge in [0.05, 0.1) is 0 Å². The molecule has 2 atom stereocenters. The van der Waals surface area contributed by atoms with Gasteiger partial charge in [0.1, 0.15) is 5.56 Å². The Bertz CT molecular complexity index is 469. The lowest BCUT2D eigenvalue weighted by Crippen LogP contribution is -2.49. The summed E-state index contributed by atoms with van der Waals surface area (Å²) in [5.74, 6) is -0.203. The molecule has 0 radical (unpaired) electrons. The minimum Gasteiger partial charge on any atom is -0.336 e. The molecular formula is C12H17N3O2. The molecule has 1 amide bonds. The van der Waals surface area contributed by atoms with E-state index in [1.807, 2.05) is 6.92 Å². The van der Waals surface area contributed by atoms with Crippen LogP contribution in [0.5, 0.6) is 0 Å². The first kappa shape index (κ1) is 11.9. The van der Waals surface area contributed by atoms with Gasteiger partial charge < -0.3 is 15.6 Å². The predicted molar refractivity (Wildman–Crippen MR) is 64.8 cm³/mol. The Labute approximate surface area is 99.6 Å². The third-order valence-electron chi connectivity index (χ3n) is 3.23. The summed E-state index contributed by atoms with van der Waals surface area (Å²) >= 11 is 0. The van der Waals surface area contributed by atoms with E-state index in [1.54, 1.807) is 17.0 Å². The number of carbonyl (C=O) groups excluding carboxylic acids is 1. The van der Waals surface area contributed by atoms with E-state index >= 15 is 0 Å². The number of rotatable bonds is 1. The number of hydrogen-bond acceptors (Lipinski definition) is 3. The molecule has 5 nitrogen and oxygen atoms in total. The van der Waals surface area contributed by atoms with Crippen LogP contribution in [-0.4, -0.2) is 34.4 Å². The number of amides is 1. The van der Waals surface area contributed by atoms with Gasteiger partial charge in [0.2, 0.25) is 0 Å². The van der Waals surface area contributed by atoms with Crippen molar-refractivity contribution in [1.29, 1.82) is 0 Å². The Balaban J connectivity index is 2.21. The topological polar surface area (TPSA) is 79.2 Å². The monoisotopic (exact) mass is 235 g/mol. The second kappa shape index (κ2) is 4.71. The lowest BCUT2D eigenvalue weighted by molar-refractivity contribution is 0.0617. The molecule has 1 aromatic rings. The van der Waals surface area contributed by atoms with E-state index < -0.39 is 0 Å². The molecule has 1 aliphatic heterocycles. The summed E-state index contributed by atoms with van der Waals surface area (Å²) in [6, 6.07) is 3.46. The smallest absolute Gasteiger partial charge is 0.260 e. The van der Waals surface area contributed by atoms with Gasteiger partial charge in [0, 0.05) is 24.8 Å². The number of carbonyl (C=O) groups is 1. The number of nitrogens with one attached hydrogen (secondary N) is 1. The lowest BCUT2D eigenvalue weighted by atomic mass is 9.98. The van der Waals surface area contributed by atoms with Crippen molar-refractivity contribution in [3.63, 3.8) is 0 Å². The second-order valence-corrected chi connectivity index (χ2v) is 4.54. The van der Waals surface area contributed by atoms with Crippen molar-refractivity contribution in [2.45, 2.75) is 31.8 Å². The summed E-state index contributed by atoms with van der Waals surface area (Å²) in [5, 5.41) is 0. The molecule has 92 valence electrons. The number of aromatic amines is 1. The zero-order valence-corrected chi connectivity index (χ0v) is 9.85. The normalized spacial score (nSPS) is 24.7. The molecule has 0 aromatic carbocycles. The van der Waals surface area contributed by atoms with Crippen LogP contribution in [0.1, 0.15) is 30.1 Å². The molecule has 5 heteroatoms. The van der Waals surface area contributed by atoms with E-state index in [9.17, 15) is 9.59 Å². The van der Waals surface area contributed by atoms with E-state index in [0.717, 1.165) is 12.8 Å². The number of pyridine rings is 1. The fourth-order valence-corrected chi connectivity index (χ4v) is 2.25. The first-order valence-electron chi connectivity index (χ1n) is 5.84. The second-order valence-electron chi connectivity index (χ2n) is 4.54. The van der Waals surface area contributed by atoms with E-state index in [2.05, 4.69) is 4.98 Å². The number of nitrogens with zero attached hydrogens (tertiary/aromatic N) is 1. The minimum atomic E-state index is -0.334. The standard InChI is InChI=1S/C12H17N3O2/c1-8-7-9(13)4-6-15(8)12(17)10-3-2-5-14-11(10)16/h2-3,5,8-9H,4,6-7,13H2,1H3,(H,14,16). The van der Waals surface area contributed by atoms with Crippen molar-refractivity contribution in [2.24, 2.45) is 5.73 Å². The van der Waals surface area contributed by atoms with Crippen molar-refractivity contribution in [1.82, 2.24) is 9.88 Å². The maximum Gasteiger partial charge on any atom is 0.260 e. The SMILES string of the molecule is CC1CC(N)CCN1C(=O)c1ccc[nH]c1=O. The highest BCUT2D eigenvalue weighted by Gasteiger charge is 2.28. The molecule has 0 bridgehead atoms. The average Bonchev–Trinajstić information content (AvgIpc) is 2.29. The number of H-pyrrole nitrogens is 1.